The zero-order chi connectivity index (χ0) is 9.07. The Morgan fingerprint density at radius 1 is 1.08 bits per heavy atom. The van der Waals surface area contributed by atoms with Gasteiger partial charge in [0, 0.05) is 6.21 Å². The van der Waals surface area contributed by atoms with E-state index in [1.165, 1.54) is 38.5 Å². The van der Waals surface area contributed by atoms with E-state index in [0.717, 1.165) is 6.42 Å². The Balaban J connectivity index is 2.86. The summed E-state index contributed by atoms with van der Waals surface area (Å²) in [4.78, 5) is 4.56. The molecule has 0 aromatic rings. The van der Waals surface area contributed by atoms with E-state index in [-0.39, 0.29) is 0 Å². The summed E-state index contributed by atoms with van der Waals surface area (Å²) in [5.74, 6) is 0. The van der Waals surface area contributed by atoms with Crippen LogP contribution in [0.2, 0.25) is 0 Å². The largest absolute Gasteiger partial charge is 0.399 e. The number of nitrogens with zero attached hydrogens (tertiary/aromatic N) is 1. The van der Waals surface area contributed by atoms with E-state index in [4.69, 9.17) is 0 Å². The second-order valence-corrected chi connectivity index (χ2v) is 3.03. The predicted octanol–water partition coefficient (Wildman–Crippen LogP) is 3.37. The molecule has 0 unspecified atom stereocenters. The van der Waals surface area contributed by atoms with Crippen molar-refractivity contribution in [3.63, 3.8) is 0 Å². The summed E-state index contributed by atoms with van der Waals surface area (Å²) >= 11 is 0. The van der Waals surface area contributed by atoms with Gasteiger partial charge >= 0.3 is 0 Å². The van der Waals surface area contributed by atoms with Gasteiger partial charge < -0.3 is 4.84 Å². The highest BCUT2D eigenvalue weighted by molar-refractivity contribution is 5.55. The minimum atomic E-state index is 1.06. The van der Waals surface area contributed by atoms with Gasteiger partial charge in [-0.1, -0.05) is 44.2 Å². The summed E-state index contributed by atoms with van der Waals surface area (Å²) in [7, 11) is 1.58. The van der Waals surface area contributed by atoms with Crippen LogP contribution in [0.4, 0.5) is 0 Å². The highest BCUT2D eigenvalue weighted by Gasteiger charge is 1.87. The van der Waals surface area contributed by atoms with Crippen LogP contribution in [0.15, 0.2) is 5.16 Å². The van der Waals surface area contributed by atoms with E-state index in [1.54, 1.807) is 7.11 Å². The third-order valence-corrected chi connectivity index (χ3v) is 1.87. The van der Waals surface area contributed by atoms with Gasteiger partial charge in [-0.15, -0.1) is 0 Å². The van der Waals surface area contributed by atoms with Crippen LogP contribution in [0, 0.1) is 0 Å². The molecule has 0 atom stereocenters. The van der Waals surface area contributed by atoms with Gasteiger partial charge in [-0.25, -0.2) is 0 Å². The average molecular weight is 171 g/mol. The lowest BCUT2D eigenvalue weighted by Gasteiger charge is -1.96. The Bertz CT molecular complexity index is 102. The van der Waals surface area contributed by atoms with Gasteiger partial charge in [0.25, 0.3) is 0 Å². The van der Waals surface area contributed by atoms with Gasteiger partial charge in [-0.2, -0.15) is 0 Å². The molecule has 0 amide bonds. The van der Waals surface area contributed by atoms with Gasteiger partial charge in [0.2, 0.25) is 0 Å². The Kier molecular flexibility index (Phi) is 10.0. The first-order chi connectivity index (χ1) is 5.91. The van der Waals surface area contributed by atoms with E-state index in [1.807, 2.05) is 6.21 Å². The van der Waals surface area contributed by atoms with E-state index in [9.17, 15) is 0 Å². The Hall–Kier alpha value is -0.530. The first kappa shape index (κ1) is 11.5. The maximum Gasteiger partial charge on any atom is 0.106 e. The van der Waals surface area contributed by atoms with Crippen molar-refractivity contribution < 1.29 is 4.84 Å². The predicted molar refractivity (Wildman–Crippen MR) is 53.5 cm³/mol. The quantitative estimate of drug-likeness (QED) is 0.312. The van der Waals surface area contributed by atoms with Crippen molar-refractivity contribution in [3.8, 4) is 0 Å². The summed E-state index contributed by atoms with van der Waals surface area (Å²) in [6.45, 7) is 2.24. The van der Waals surface area contributed by atoms with E-state index in [0.29, 0.717) is 0 Å². The fourth-order valence-corrected chi connectivity index (χ4v) is 1.14. The lowest BCUT2D eigenvalue weighted by molar-refractivity contribution is 0.214. The number of rotatable bonds is 8. The maximum atomic E-state index is 4.56. The molecule has 0 aliphatic carbocycles. The van der Waals surface area contributed by atoms with E-state index < -0.39 is 0 Å². The molecule has 0 aliphatic heterocycles. The highest BCUT2D eigenvalue weighted by atomic mass is 16.6. The molecule has 0 aromatic carbocycles. The molecule has 0 rings (SSSR count). The molecule has 0 spiro atoms. The normalized spacial score (nSPS) is 10.8. The molecule has 0 saturated heterocycles. The molecule has 2 heteroatoms. The van der Waals surface area contributed by atoms with Crippen LogP contribution in [0.5, 0.6) is 0 Å². The van der Waals surface area contributed by atoms with Crippen LogP contribution in [-0.2, 0) is 4.84 Å². The van der Waals surface area contributed by atoms with Crippen LogP contribution in [-0.4, -0.2) is 13.3 Å². The average Bonchev–Trinajstić information content (AvgIpc) is 2.10. The van der Waals surface area contributed by atoms with Crippen molar-refractivity contribution in [1.29, 1.82) is 0 Å². The molecule has 2 nitrogen and oxygen atoms in total. The maximum absolute atomic E-state index is 4.56. The van der Waals surface area contributed by atoms with Crippen LogP contribution < -0.4 is 0 Å². The van der Waals surface area contributed by atoms with Gasteiger partial charge in [-0.05, 0) is 12.8 Å². The minimum Gasteiger partial charge on any atom is -0.399 e. The smallest absolute Gasteiger partial charge is 0.106 e. The van der Waals surface area contributed by atoms with Crippen molar-refractivity contribution in [3.05, 3.63) is 0 Å². The number of hydrogen-bond acceptors (Lipinski definition) is 2. The molecule has 0 saturated carbocycles. The molecule has 0 fully saturated rings. The molecule has 12 heavy (non-hydrogen) atoms. The molecular formula is C10H21NO. The zero-order valence-corrected chi connectivity index (χ0v) is 8.38. The number of unbranched alkanes of at least 4 members (excludes halogenated alkanes) is 6. The molecule has 0 aliphatic rings. The van der Waals surface area contributed by atoms with Crippen molar-refractivity contribution >= 4 is 6.21 Å². The summed E-state index contributed by atoms with van der Waals surface area (Å²) in [5, 5.41) is 3.68. The lowest BCUT2D eigenvalue weighted by atomic mass is 10.1. The third kappa shape index (κ3) is 9.47. The first-order valence-electron chi connectivity index (χ1n) is 4.96. The second kappa shape index (κ2) is 10.5. The SMILES string of the molecule is CCCCCCCC/C=N/OC. The van der Waals surface area contributed by atoms with Crippen molar-refractivity contribution in [2.75, 3.05) is 7.11 Å². The van der Waals surface area contributed by atoms with E-state index in [2.05, 4.69) is 16.9 Å². The van der Waals surface area contributed by atoms with Gasteiger partial charge in [-0.3, -0.25) is 0 Å². The van der Waals surface area contributed by atoms with Crippen LogP contribution in [0.25, 0.3) is 0 Å². The standard InChI is InChI=1S/C10H21NO/c1-3-4-5-6-7-8-9-10-11-12-2/h10H,3-9H2,1-2H3/b11-10+. The number of hydrogen-bond donors (Lipinski definition) is 0. The van der Waals surface area contributed by atoms with Crippen molar-refractivity contribution in [1.82, 2.24) is 0 Å². The van der Waals surface area contributed by atoms with Gasteiger partial charge in [0.15, 0.2) is 0 Å². The lowest BCUT2D eigenvalue weighted by Crippen LogP contribution is -1.81. The Morgan fingerprint density at radius 2 is 1.75 bits per heavy atom. The fourth-order valence-electron chi connectivity index (χ4n) is 1.14. The summed E-state index contributed by atoms with van der Waals surface area (Å²) in [6, 6.07) is 0. The van der Waals surface area contributed by atoms with Crippen LogP contribution in [0.3, 0.4) is 0 Å². The Labute approximate surface area is 76.0 Å². The molecule has 0 aromatic heterocycles. The molecule has 0 N–H and O–H groups in total. The summed E-state index contributed by atoms with van der Waals surface area (Å²) in [5.41, 5.74) is 0. The molecule has 0 bridgehead atoms. The zero-order valence-electron chi connectivity index (χ0n) is 8.38. The molecule has 0 heterocycles. The second-order valence-electron chi connectivity index (χ2n) is 3.03. The van der Waals surface area contributed by atoms with Crippen molar-refractivity contribution in [2.45, 2.75) is 51.9 Å². The molecule has 0 radical (unpaired) electrons. The van der Waals surface area contributed by atoms with Crippen molar-refractivity contribution in [2.24, 2.45) is 5.16 Å². The first-order valence-corrected chi connectivity index (χ1v) is 4.96. The third-order valence-electron chi connectivity index (χ3n) is 1.87. The minimum absolute atomic E-state index is 1.06. The Morgan fingerprint density at radius 3 is 2.42 bits per heavy atom. The van der Waals surface area contributed by atoms with Crippen LogP contribution in [0.1, 0.15) is 51.9 Å². The topological polar surface area (TPSA) is 21.6 Å². The summed E-state index contributed by atoms with van der Waals surface area (Å²) in [6.07, 6.45) is 10.9. The fraction of sp³-hybridized carbons (Fsp3) is 0.900. The highest BCUT2D eigenvalue weighted by Crippen LogP contribution is 2.05. The van der Waals surface area contributed by atoms with E-state index >= 15 is 0 Å². The van der Waals surface area contributed by atoms with Gasteiger partial charge in [0.05, 0.1) is 0 Å². The summed E-state index contributed by atoms with van der Waals surface area (Å²) < 4.78 is 0. The molecular weight excluding hydrogens is 150 g/mol. The van der Waals surface area contributed by atoms with Gasteiger partial charge in [0.1, 0.15) is 7.11 Å². The van der Waals surface area contributed by atoms with Crippen LogP contribution >= 0.6 is 0 Å². The number of oxime groups is 1. The molecule has 72 valence electrons. The monoisotopic (exact) mass is 171 g/mol.